The minimum Gasteiger partial charge on any atom is -0.484 e. The first-order valence-electron chi connectivity index (χ1n) is 6.62. The molecule has 0 radical (unpaired) electrons. The van der Waals surface area contributed by atoms with Crippen molar-refractivity contribution in [1.82, 2.24) is 0 Å². The van der Waals surface area contributed by atoms with Crippen LogP contribution in [0.15, 0.2) is 48.5 Å². The van der Waals surface area contributed by atoms with Crippen molar-refractivity contribution in [2.75, 3.05) is 0 Å². The van der Waals surface area contributed by atoms with Crippen molar-refractivity contribution >= 4 is 0 Å². The van der Waals surface area contributed by atoms with E-state index in [1.165, 1.54) is 11.1 Å². The van der Waals surface area contributed by atoms with E-state index in [1.807, 2.05) is 18.2 Å². The first-order chi connectivity index (χ1) is 9.38. The Morgan fingerprint density at radius 3 is 2.74 bits per heavy atom. The average molecular weight is 249 g/mol. The molecule has 0 aliphatic heterocycles. The van der Waals surface area contributed by atoms with Gasteiger partial charge in [-0.2, -0.15) is 5.26 Å². The summed E-state index contributed by atoms with van der Waals surface area (Å²) in [5.74, 6) is 0.687. The Hall–Kier alpha value is -2.27. The van der Waals surface area contributed by atoms with Gasteiger partial charge < -0.3 is 4.74 Å². The monoisotopic (exact) mass is 249 g/mol. The van der Waals surface area contributed by atoms with Gasteiger partial charge in [-0.05, 0) is 42.5 Å². The van der Waals surface area contributed by atoms with E-state index in [4.69, 9.17) is 10.00 Å². The minimum atomic E-state index is 0.0689. The molecule has 0 spiro atoms. The number of rotatable bonds is 2. The summed E-state index contributed by atoms with van der Waals surface area (Å²) in [5, 5.41) is 9.11. The van der Waals surface area contributed by atoms with Crippen LogP contribution in [0.3, 0.4) is 0 Å². The summed E-state index contributed by atoms with van der Waals surface area (Å²) < 4.78 is 6.08. The highest BCUT2D eigenvalue weighted by Crippen LogP contribution is 2.34. The first-order valence-corrected chi connectivity index (χ1v) is 6.62. The third-order valence-corrected chi connectivity index (χ3v) is 3.59. The molecule has 0 amide bonds. The van der Waals surface area contributed by atoms with E-state index in [0.717, 1.165) is 19.3 Å². The molecule has 0 saturated carbocycles. The normalized spacial score (nSPS) is 17.3. The molecule has 2 aromatic carbocycles. The topological polar surface area (TPSA) is 33.0 Å². The number of benzene rings is 2. The molecule has 1 atom stereocenters. The van der Waals surface area contributed by atoms with Crippen LogP contribution in [0.4, 0.5) is 0 Å². The molecule has 1 unspecified atom stereocenters. The lowest BCUT2D eigenvalue weighted by atomic mass is 9.89. The fraction of sp³-hybridized carbons (Fsp3) is 0.235. The van der Waals surface area contributed by atoms with E-state index in [2.05, 4.69) is 30.3 Å². The molecule has 1 aliphatic carbocycles. The van der Waals surface area contributed by atoms with Crippen LogP contribution in [0.2, 0.25) is 0 Å². The Labute approximate surface area is 113 Å². The molecule has 19 heavy (non-hydrogen) atoms. The summed E-state index contributed by atoms with van der Waals surface area (Å²) in [6.07, 6.45) is 3.34. The standard InChI is InChI=1S/C17H15NO/c18-12-14-7-2-4-10-16(14)19-17-11-5-8-13-6-1-3-9-15(13)17/h1-4,6-7,9-10,17H,5,8,11H2. The molecule has 94 valence electrons. The molecular weight excluding hydrogens is 234 g/mol. The lowest BCUT2D eigenvalue weighted by molar-refractivity contribution is 0.183. The van der Waals surface area contributed by atoms with Gasteiger partial charge in [-0.1, -0.05) is 36.4 Å². The van der Waals surface area contributed by atoms with Crippen molar-refractivity contribution in [3.8, 4) is 11.8 Å². The van der Waals surface area contributed by atoms with E-state index in [9.17, 15) is 0 Å². The quantitative estimate of drug-likeness (QED) is 0.805. The SMILES string of the molecule is N#Cc1ccccc1OC1CCCc2ccccc21. The van der Waals surface area contributed by atoms with Gasteiger partial charge in [-0.3, -0.25) is 0 Å². The van der Waals surface area contributed by atoms with Crippen molar-refractivity contribution in [3.63, 3.8) is 0 Å². The molecule has 0 saturated heterocycles. The second-order valence-corrected chi connectivity index (χ2v) is 4.81. The van der Waals surface area contributed by atoms with Crippen LogP contribution in [0.25, 0.3) is 0 Å². The number of nitriles is 1. The maximum atomic E-state index is 9.11. The van der Waals surface area contributed by atoms with Gasteiger partial charge in [-0.25, -0.2) is 0 Å². The van der Waals surface area contributed by atoms with Gasteiger partial charge in [0, 0.05) is 0 Å². The number of hydrogen-bond acceptors (Lipinski definition) is 2. The number of para-hydroxylation sites is 1. The summed E-state index contributed by atoms with van der Waals surface area (Å²) in [6, 6.07) is 18.0. The molecule has 0 fully saturated rings. The summed E-state index contributed by atoms with van der Waals surface area (Å²) >= 11 is 0. The summed E-state index contributed by atoms with van der Waals surface area (Å²) in [7, 11) is 0. The van der Waals surface area contributed by atoms with Crippen molar-refractivity contribution in [2.24, 2.45) is 0 Å². The van der Waals surface area contributed by atoms with E-state index in [0.29, 0.717) is 11.3 Å². The third-order valence-electron chi connectivity index (χ3n) is 3.59. The van der Waals surface area contributed by atoms with Crippen molar-refractivity contribution in [3.05, 3.63) is 65.2 Å². The average Bonchev–Trinajstić information content (AvgIpc) is 2.48. The Balaban J connectivity index is 1.91. The van der Waals surface area contributed by atoms with Crippen LogP contribution in [-0.4, -0.2) is 0 Å². The number of ether oxygens (including phenoxy) is 1. The van der Waals surface area contributed by atoms with Gasteiger partial charge in [-0.15, -0.1) is 0 Å². The third kappa shape index (κ3) is 2.32. The fourth-order valence-electron chi connectivity index (χ4n) is 2.65. The van der Waals surface area contributed by atoms with Gasteiger partial charge >= 0.3 is 0 Å². The number of fused-ring (bicyclic) bond motifs is 1. The Morgan fingerprint density at radius 2 is 1.84 bits per heavy atom. The van der Waals surface area contributed by atoms with Crippen LogP contribution in [-0.2, 0) is 6.42 Å². The highest BCUT2D eigenvalue weighted by Gasteiger charge is 2.21. The molecule has 0 heterocycles. The number of hydrogen-bond donors (Lipinski definition) is 0. The van der Waals surface area contributed by atoms with Crippen LogP contribution in [0.1, 0.15) is 35.6 Å². The van der Waals surface area contributed by atoms with Crippen LogP contribution >= 0.6 is 0 Å². The maximum absolute atomic E-state index is 9.11. The van der Waals surface area contributed by atoms with E-state index in [1.54, 1.807) is 6.07 Å². The Kier molecular flexibility index (Phi) is 3.20. The van der Waals surface area contributed by atoms with Crippen LogP contribution in [0, 0.1) is 11.3 Å². The van der Waals surface area contributed by atoms with Gasteiger partial charge in [0.1, 0.15) is 17.9 Å². The van der Waals surface area contributed by atoms with Crippen molar-refractivity contribution < 1.29 is 4.74 Å². The van der Waals surface area contributed by atoms with E-state index >= 15 is 0 Å². The Morgan fingerprint density at radius 1 is 1.05 bits per heavy atom. The summed E-state index contributed by atoms with van der Waals surface area (Å²) in [5.41, 5.74) is 3.24. The van der Waals surface area contributed by atoms with E-state index in [-0.39, 0.29) is 6.10 Å². The molecule has 0 bridgehead atoms. The molecule has 2 aromatic rings. The largest absolute Gasteiger partial charge is 0.484 e. The molecule has 2 heteroatoms. The molecule has 2 nitrogen and oxygen atoms in total. The zero-order valence-electron chi connectivity index (χ0n) is 10.7. The summed E-state index contributed by atoms with van der Waals surface area (Å²) in [6.45, 7) is 0. The smallest absolute Gasteiger partial charge is 0.137 e. The van der Waals surface area contributed by atoms with Crippen LogP contribution in [0.5, 0.6) is 5.75 Å². The van der Waals surface area contributed by atoms with Gasteiger partial charge in [0.2, 0.25) is 0 Å². The van der Waals surface area contributed by atoms with Crippen LogP contribution < -0.4 is 4.74 Å². The minimum absolute atomic E-state index is 0.0689. The summed E-state index contributed by atoms with van der Waals surface area (Å²) in [4.78, 5) is 0. The van der Waals surface area contributed by atoms with Gasteiger partial charge in [0.15, 0.2) is 0 Å². The molecule has 3 rings (SSSR count). The predicted octanol–water partition coefficient (Wildman–Crippen LogP) is 4.01. The highest BCUT2D eigenvalue weighted by atomic mass is 16.5. The van der Waals surface area contributed by atoms with Crippen molar-refractivity contribution in [2.45, 2.75) is 25.4 Å². The zero-order chi connectivity index (χ0) is 13.1. The zero-order valence-corrected chi connectivity index (χ0v) is 10.7. The van der Waals surface area contributed by atoms with E-state index < -0.39 is 0 Å². The second-order valence-electron chi connectivity index (χ2n) is 4.81. The molecule has 1 aliphatic rings. The fourth-order valence-corrected chi connectivity index (χ4v) is 2.65. The highest BCUT2D eigenvalue weighted by molar-refractivity contribution is 5.43. The van der Waals surface area contributed by atoms with Crippen molar-refractivity contribution in [1.29, 1.82) is 5.26 Å². The predicted molar refractivity (Wildman–Crippen MR) is 73.9 cm³/mol. The second kappa shape index (κ2) is 5.16. The molecule has 0 N–H and O–H groups in total. The molecular formula is C17H15NO. The number of nitrogens with zero attached hydrogens (tertiary/aromatic N) is 1. The lowest BCUT2D eigenvalue weighted by Crippen LogP contribution is -2.15. The van der Waals surface area contributed by atoms with Gasteiger partial charge in [0.05, 0.1) is 5.56 Å². The Bertz CT molecular complexity index is 627. The first kappa shape index (κ1) is 11.8. The number of aryl methyl sites for hydroxylation is 1. The molecule has 0 aromatic heterocycles. The maximum Gasteiger partial charge on any atom is 0.137 e. The van der Waals surface area contributed by atoms with Gasteiger partial charge in [0.25, 0.3) is 0 Å². The lowest BCUT2D eigenvalue weighted by Gasteiger charge is -2.26.